The van der Waals surface area contributed by atoms with Crippen LogP contribution in [0.3, 0.4) is 0 Å². The smallest absolute Gasteiger partial charge is 0.162 e. The van der Waals surface area contributed by atoms with Gasteiger partial charge in [0.15, 0.2) is 5.78 Å². The maximum absolute atomic E-state index is 12.4. The highest BCUT2D eigenvalue weighted by Gasteiger charge is 2.26. The third-order valence-electron chi connectivity index (χ3n) is 12.8. The number of carbonyl (C=O) groups is 1. The molecule has 0 bridgehead atoms. The van der Waals surface area contributed by atoms with E-state index in [-0.39, 0.29) is 36.3 Å². The Hall–Kier alpha value is -5.21. The molecule has 0 aliphatic carbocycles. The monoisotopic (exact) mass is 857 g/mol. The van der Waals surface area contributed by atoms with Gasteiger partial charge in [-0.15, -0.1) is 0 Å². The first-order valence-corrected chi connectivity index (χ1v) is 23.7. The topological polar surface area (TPSA) is 62.2 Å². The maximum Gasteiger partial charge on any atom is 0.162 e. The van der Waals surface area contributed by atoms with E-state index in [0.717, 1.165) is 95.3 Å². The van der Waals surface area contributed by atoms with Gasteiger partial charge in [0, 0.05) is 38.2 Å². The maximum atomic E-state index is 12.4. The lowest BCUT2D eigenvalue weighted by atomic mass is 10.00. The molecule has 0 aromatic heterocycles. The second-order valence-corrected chi connectivity index (χ2v) is 17.7. The number of ketones is 1. The minimum atomic E-state index is -0.367. The summed E-state index contributed by atoms with van der Waals surface area (Å²) in [5.74, 6) is 0.247. The number of nitrogens with zero attached hydrogens (tertiary/aromatic N) is 2. The molecule has 6 nitrogen and oxygen atoms in total. The molecule has 0 radical (unpaired) electrons. The average molecular weight is 857 g/mol. The Labute approximate surface area is 382 Å². The number of ether oxygens (including phenoxy) is 2. The van der Waals surface area contributed by atoms with Crippen molar-refractivity contribution in [3.8, 4) is 0 Å². The number of Topliss-reactive ketones (excluding diaryl/α,β-unsaturated/α-hetero) is 1. The van der Waals surface area contributed by atoms with E-state index in [9.17, 15) is 9.90 Å². The van der Waals surface area contributed by atoms with Crippen LogP contribution in [0.1, 0.15) is 119 Å². The molecule has 2 saturated heterocycles. The predicted octanol–water partition coefficient (Wildman–Crippen LogP) is 12.3. The van der Waals surface area contributed by atoms with Crippen LogP contribution in [-0.4, -0.2) is 72.2 Å². The number of benzene rings is 6. The molecule has 1 N–H and O–H groups in total. The van der Waals surface area contributed by atoms with Gasteiger partial charge in [-0.2, -0.15) is 0 Å². The number of likely N-dealkylation sites (tertiary alicyclic amines) is 2. The first-order chi connectivity index (χ1) is 31.4. The zero-order valence-corrected chi connectivity index (χ0v) is 38.0. The largest absolute Gasteiger partial charge is 0.388 e. The van der Waals surface area contributed by atoms with Crippen LogP contribution in [0, 0.1) is 13.8 Å². The molecule has 64 heavy (non-hydrogen) atoms. The summed E-state index contributed by atoms with van der Waals surface area (Å²) in [5.41, 5.74) is 9.11. The lowest BCUT2D eigenvalue weighted by Crippen LogP contribution is -2.38. The second kappa shape index (κ2) is 24.7. The van der Waals surface area contributed by atoms with Crippen LogP contribution in [-0.2, 0) is 9.47 Å². The lowest BCUT2D eigenvalue weighted by Gasteiger charge is -2.34. The molecule has 0 spiro atoms. The quantitative estimate of drug-likeness (QED) is 0.0869. The van der Waals surface area contributed by atoms with Crippen molar-refractivity contribution in [1.82, 2.24) is 9.80 Å². The number of hydrogen-bond acceptors (Lipinski definition) is 6. The lowest BCUT2D eigenvalue weighted by molar-refractivity contribution is -0.0274. The molecule has 8 rings (SSSR count). The van der Waals surface area contributed by atoms with E-state index in [4.69, 9.17) is 9.47 Å². The minimum Gasteiger partial charge on any atom is -0.388 e. The third-order valence-corrected chi connectivity index (χ3v) is 12.8. The molecule has 6 aromatic carbocycles. The molecule has 2 aliphatic heterocycles. The normalized spacial score (nSPS) is 15.8. The molecule has 6 heteroatoms. The van der Waals surface area contributed by atoms with Crippen molar-refractivity contribution in [3.63, 3.8) is 0 Å². The van der Waals surface area contributed by atoms with E-state index in [0.29, 0.717) is 6.42 Å². The van der Waals surface area contributed by atoms with E-state index < -0.39 is 0 Å². The van der Waals surface area contributed by atoms with Crippen molar-refractivity contribution in [2.75, 3.05) is 39.3 Å². The molecule has 1 unspecified atom stereocenters. The molecule has 2 heterocycles. The van der Waals surface area contributed by atoms with Crippen LogP contribution >= 0.6 is 0 Å². The number of aryl methyl sites for hydroxylation is 2. The fourth-order valence-corrected chi connectivity index (χ4v) is 8.94. The number of hydrogen-bond donors (Lipinski definition) is 1. The Kier molecular flexibility index (Phi) is 18.1. The van der Waals surface area contributed by atoms with Crippen molar-refractivity contribution in [2.24, 2.45) is 0 Å². The van der Waals surface area contributed by atoms with Crippen LogP contribution in [0.15, 0.2) is 170 Å². The van der Waals surface area contributed by atoms with Gasteiger partial charge in [0.1, 0.15) is 12.2 Å². The molecule has 2 fully saturated rings. The third kappa shape index (κ3) is 14.4. The second-order valence-electron chi connectivity index (χ2n) is 17.7. The number of carbonyl (C=O) groups excluding carboxylic acids is 1. The Bertz CT molecular complexity index is 2120. The Balaban J connectivity index is 0.000000191. The summed E-state index contributed by atoms with van der Waals surface area (Å²) in [7, 11) is 0. The number of aliphatic hydroxyl groups excluding tert-OH is 1. The van der Waals surface area contributed by atoms with Gasteiger partial charge < -0.3 is 24.4 Å². The SMILES string of the molecule is Cc1ccc(C(=O)CCCN2CCC(OC(c3ccccc3)c3ccccc3)CC2)cc1.Cc1ccc(C(O)CCCN2CCC(OC(c3ccccc3)c3ccccc3)CC2)cc1. The molecule has 0 amide bonds. The van der Waals surface area contributed by atoms with Crippen molar-refractivity contribution in [1.29, 1.82) is 0 Å². The highest BCUT2D eigenvalue weighted by Crippen LogP contribution is 2.32. The van der Waals surface area contributed by atoms with Crippen LogP contribution in [0.25, 0.3) is 0 Å². The van der Waals surface area contributed by atoms with Gasteiger partial charge >= 0.3 is 0 Å². The summed E-state index contributed by atoms with van der Waals surface area (Å²) in [6, 6.07) is 58.2. The number of piperidine rings is 2. The molecule has 1 atom stereocenters. The van der Waals surface area contributed by atoms with Gasteiger partial charge in [0.05, 0.1) is 18.3 Å². The Morgan fingerprint density at radius 2 is 0.859 bits per heavy atom. The van der Waals surface area contributed by atoms with Crippen LogP contribution in [0.2, 0.25) is 0 Å². The Morgan fingerprint density at radius 3 is 1.25 bits per heavy atom. The first-order valence-electron chi connectivity index (χ1n) is 23.7. The summed E-state index contributed by atoms with van der Waals surface area (Å²) in [4.78, 5) is 17.4. The molecule has 6 aromatic rings. The Morgan fingerprint density at radius 1 is 0.500 bits per heavy atom. The fourth-order valence-electron chi connectivity index (χ4n) is 8.94. The molecule has 0 saturated carbocycles. The van der Waals surface area contributed by atoms with E-state index in [1.807, 2.05) is 55.5 Å². The summed E-state index contributed by atoms with van der Waals surface area (Å²) in [6.07, 6.45) is 7.63. The van der Waals surface area contributed by atoms with Gasteiger partial charge in [0.2, 0.25) is 0 Å². The summed E-state index contributed by atoms with van der Waals surface area (Å²) in [6.45, 7) is 10.3. The molecule has 334 valence electrons. The van der Waals surface area contributed by atoms with Gasteiger partial charge in [0.25, 0.3) is 0 Å². The van der Waals surface area contributed by atoms with E-state index in [2.05, 4.69) is 138 Å². The summed E-state index contributed by atoms with van der Waals surface area (Å²) in [5, 5.41) is 10.5. The van der Waals surface area contributed by atoms with Gasteiger partial charge in [-0.05, 0) is 99.7 Å². The van der Waals surface area contributed by atoms with Gasteiger partial charge in [-0.25, -0.2) is 0 Å². The zero-order valence-electron chi connectivity index (χ0n) is 38.0. The highest BCUT2D eigenvalue weighted by atomic mass is 16.5. The van der Waals surface area contributed by atoms with Crippen LogP contribution in [0.5, 0.6) is 0 Å². The highest BCUT2D eigenvalue weighted by molar-refractivity contribution is 5.96. The van der Waals surface area contributed by atoms with E-state index >= 15 is 0 Å². The predicted molar refractivity (Wildman–Crippen MR) is 261 cm³/mol. The zero-order chi connectivity index (χ0) is 44.4. The van der Waals surface area contributed by atoms with Gasteiger partial charge in [-0.3, -0.25) is 4.79 Å². The summed E-state index contributed by atoms with van der Waals surface area (Å²) >= 11 is 0. The first kappa shape index (κ1) is 46.8. The van der Waals surface area contributed by atoms with E-state index in [1.54, 1.807) is 0 Å². The molecule has 2 aliphatic rings. The van der Waals surface area contributed by atoms with Crippen molar-refractivity contribution in [3.05, 3.63) is 214 Å². The molecular weight excluding hydrogens is 789 g/mol. The standard InChI is InChI=1S/C29H35NO2.C29H33NO2/c2*1-23-14-16-24(17-15-23)28(31)13-8-20-30-21-18-27(19-22-30)32-29(25-9-4-2-5-10-25)26-11-6-3-7-12-26/h2-7,9-12,14-17,27-29,31H,8,13,18-22H2,1H3;2-7,9-12,14-17,27,29H,8,13,18-22H2,1H3. The van der Waals surface area contributed by atoms with Crippen molar-refractivity contribution in [2.45, 2.75) is 95.7 Å². The van der Waals surface area contributed by atoms with Gasteiger partial charge in [-0.1, -0.05) is 181 Å². The molecular formula is C58H68N2O4. The van der Waals surface area contributed by atoms with Crippen LogP contribution in [0.4, 0.5) is 0 Å². The fraction of sp³-hybridized carbons (Fsp3) is 0.362. The van der Waals surface area contributed by atoms with Crippen molar-refractivity contribution >= 4 is 5.78 Å². The van der Waals surface area contributed by atoms with Crippen molar-refractivity contribution < 1.29 is 19.4 Å². The minimum absolute atomic E-state index is 0.0152. The summed E-state index contributed by atoms with van der Waals surface area (Å²) < 4.78 is 13.3. The number of rotatable bonds is 18. The average Bonchev–Trinajstić information content (AvgIpc) is 3.35. The van der Waals surface area contributed by atoms with E-state index in [1.165, 1.54) is 33.4 Å². The number of aliphatic hydroxyl groups is 1. The van der Waals surface area contributed by atoms with Crippen LogP contribution < -0.4 is 0 Å².